The number of carbonyl (C=O) groups is 1. The summed E-state index contributed by atoms with van der Waals surface area (Å²) in [5.74, 6) is 0.608. The Kier molecular flexibility index (Phi) is 5.52. The lowest BCUT2D eigenvalue weighted by molar-refractivity contribution is 0.107. The fourth-order valence-corrected chi connectivity index (χ4v) is 5.86. The van der Waals surface area contributed by atoms with Gasteiger partial charge >= 0.3 is 0 Å². The van der Waals surface area contributed by atoms with Crippen molar-refractivity contribution in [3.8, 4) is 5.75 Å². The molecule has 3 aromatic carbocycles. The molecule has 3 nitrogen and oxygen atoms in total. The van der Waals surface area contributed by atoms with E-state index in [0.717, 1.165) is 0 Å². The van der Waals surface area contributed by atoms with Gasteiger partial charge in [-0.25, -0.2) is 0 Å². The average Bonchev–Trinajstić information content (AvgIpc) is 2.68. The molecule has 0 aromatic heterocycles. The fourth-order valence-electron chi connectivity index (χ4n) is 2.67. The molecule has 0 aliphatic rings. The zero-order valence-electron chi connectivity index (χ0n) is 13.9. The van der Waals surface area contributed by atoms with E-state index in [4.69, 9.17) is 27.9 Å². The molecule has 0 aliphatic carbocycles. The van der Waals surface area contributed by atoms with Crippen LogP contribution in [0.2, 0.25) is 10.0 Å². The summed E-state index contributed by atoms with van der Waals surface area (Å²) in [6.45, 7) is 0. The Morgan fingerprint density at radius 1 is 0.808 bits per heavy atom. The van der Waals surface area contributed by atoms with E-state index < -0.39 is 12.7 Å². The van der Waals surface area contributed by atoms with Gasteiger partial charge in [-0.15, -0.1) is 0 Å². The number of hydrogen-bond donors (Lipinski definition) is 0. The Bertz CT molecular complexity index is 965. The molecule has 0 bridgehead atoms. The number of halogens is 2. The van der Waals surface area contributed by atoms with Crippen LogP contribution < -0.4 is 15.3 Å². The molecule has 1 atom stereocenters. The van der Waals surface area contributed by atoms with E-state index in [1.807, 2.05) is 0 Å². The van der Waals surface area contributed by atoms with Crippen molar-refractivity contribution in [3.05, 3.63) is 88.4 Å². The topological polar surface area (TPSA) is 43.4 Å². The molecule has 1 unspecified atom stereocenters. The van der Waals surface area contributed by atoms with Gasteiger partial charge in [0.1, 0.15) is 5.75 Å². The predicted octanol–water partition coefficient (Wildman–Crippen LogP) is 5.16. The lowest BCUT2D eigenvalue weighted by Crippen LogP contribution is -2.23. The first kappa shape index (κ1) is 18.7. The first-order valence-electron chi connectivity index (χ1n) is 7.77. The van der Waals surface area contributed by atoms with Crippen LogP contribution in [-0.4, -0.2) is 12.6 Å². The lowest BCUT2D eigenvalue weighted by Gasteiger charge is -2.19. The molecule has 26 heavy (non-hydrogen) atoms. The maximum absolute atomic E-state index is 14.1. The van der Waals surface area contributed by atoms with E-state index >= 15 is 0 Å². The number of rotatable bonds is 5. The fraction of sp³-hybridized carbons (Fsp3) is 0.0500. The molecule has 0 amide bonds. The highest BCUT2D eigenvalue weighted by atomic mass is 35.5. The van der Waals surface area contributed by atoms with Crippen LogP contribution in [0, 0.1) is 0 Å². The second-order valence-corrected chi connectivity index (χ2v) is 9.02. The Balaban J connectivity index is 2.24. The minimum Gasteiger partial charge on any atom is -0.497 e. The number of carbonyl (C=O) groups excluding carboxylic acids is 1. The molecule has 0 N–H and O–H groups in total. The predicted molar refractivity (Wildman–Crippen MR) is 107 cm³/mol. The number of ether oxygens (including phenoxy) is 1. The molecule has 3 rings (SSSR count). The van der Waals surface area contributed by atoms with E-state index in [9.17, 15) is 9.36 Å². The summed E-state index contributed by atoms with van der Waals surface area (Å²) in [4.78, 5) is 13.4. The minimum atomic E-state index is -3.68. The van der Waals surface area contributed by atoms with Gasteiger partial charge in [-0.1, -0.05) is 59.6 Å². The summed E-state index contributed by atoms with van der Waals surface area (Å²) in [7, 11) is -2.14. The first-order chi connectivity index (χ1) is 12.5. The summed E-state index contributed by atoms with van der Waals surface area (Å²) < 4.78 is 19.3. The van der Waals surface area contributed by atoms with Crippen LogP contribution in [0.3, 0.4) is 0 Å². The molecule has 0 saturated carbocycles. The second kappa shape index (κ2) is 7.67. The Labute approximate surface area is 161 Å². The van der Waals surface area contributed by atoms with Gasteiger partial charge in [-0.05, 0) is 36.4 Å². The van der Waals surface area contributed by atoms with Crippen molar-refractivity contribution in [2.45, 2.75) is 0 Å². The maximum atomic E-state index is 14.1. The minimum absolute atomic E-state index is 0.0684. The maximum Gasteiger partial charge on any atom is 0.233 e. The number of methoxy groups -OCH3 is 1. The van der Waals surface area contributed by atoms with Crippen molar-refractivity contribution in [2.75, 3.05) is 7.11 Å². The summed E-state index contributed by atoms with van der Waals surface area (Å²) >= 11 is 12.4. The van der Waals surface area contributed by atoms with Gasteiger partial charge in [0.15, 0.2) is 0 Å². The van der Waals surface area contributed by atoms with Crippen LogP contribution in [0.25, 0.3) is 0 Å². The van der Waals surface area contributed by atoms with E-state index in [-0.39, 0.29) is 15.6 Å². The highest BCUT2D eigenvalue weighted by Gasteiger charge is 2.38. The Morgan fingerprint density at radius 2 is 1.35 bits per heavy atom. The molecule has 0 saturated heterocycles. The molecular weight excluding hydrogens is 390 g/mol. The highest BCUT2D eigenvalue weighted by Crippen LogP contribution is 2.49. The van der Waals surface area contributed by atoms with Crippen molar-refractivity contribution < 1.29 is 14.1 Å². The van der Waals surface area contributed by atoms with Gasteiger partial charge in [0, 0.05) is 10.6 Å². The molecular formula is C20H15Cl2O3P. The van der Waals surface area contributed by atoms with Crippen molar-refractivity contribution >= 4 is 46.5 Å². The van der Waals surface area contributed by atoms with Gasteiger partial charge in [0.25, 0.3) is 0 Å². The highest BCUT2D eigenvalue weighted by molar-refractivity contribution is 7.93. The van der Waals surface area contributed by atoms with Gasteiger partial charge in [0.05, 0.1) is 22.7 Å². The summed E-state index contributed by atoms with van der Waals surface area (Å²) in [5, 5.41) is 1.16. The molecule has 132 valence electrons. The lowest BCUT2D eigenvalue weighted by atomic mass is 10.2. The summed E-state index contributed by atoms with van der Waals surface area (Å²) in [6.07, 6.45) is 0. The molecule has 0 fully saturated rings. The van der Waals surface area contributed by atoms with Crippen LogP contribution in [0.4, 0.5) is 0 Å². The van der Waals surface area contributed by atoms with Gasteiger partial charge in [-0.2, -0.15) is 0 Å². The Hall–Kier alpha value is -2.06. The quantitative estimate of drug-likeness (QED) is 0.551. The SMILES string of the molecule is COc1ccc(P(=O)(C(=O)c2c(Cl)cccc2Cl)c2ccccc2)cc1. The van der Waals surface area contributed by atoms with E-state index in [1.165, 1.54) is 0 Å². The van der Waals surface area contributed by atoms with Gasteiger partial charge < -0.3 is 9.30 Å². The van der Waals surface area contributed by atoms with Crippen LogP contribution >= 0.6 is 30.3 Å². The zero-order chi connectivity index (χ0) is 18.7. The largest absolute Gasteiger partial charge is 0.497 e. The van der Waals surface area contributed by atoms with Gasteiger partial charge in [0.2, 0.25) is 12.7 Å². The molecule has 0 spiro atoms. The van der Waals surface area contributed by atoms with E-state index in [1.54, 1.807) is 79.9 Å². The Morgan fingerprint density at radius 3 is 1.88 bits per heavy atom. The molecule has 0 heterocycles. The summed E-state index contributed by atoms with van der Waals surface area (Å²) in [6, 6.07) is 20.0. The molecule has 0 radical (unpaired) electrons. The van der Waals surface area contributed by atoms with E-state index in [2.05, 4.69) is 0 Å². The smallest absolute Gasteiger partial charge is 0.233 e. The second-order valence-electron chi connectivity index (χ2n) is 5.54. The first-order valence-corrected chi connectivity index (χ1v) is 10.2. The van der Waals surface area contributed by atoms with Crippen LogP contribution in [0.1, 0.15) is 10.4 Å². The monoisotopic (exact) mass is 404 g/mol. The van der Waals surface area contributed by atoms with Crippen LogP contribution in [0.5, 0.6) is 5.75 Å². The van der Waals surface area contributed by atoms with Crippen LogP contribution in [0.15, 0.2) is 72.8 Å². The van der Waals surface area contributed by atoms with Crippen molar-refractivity contribution in [1.82, 2.24) is 0 Å². The van der Waals surface area contributed by atoms with Gasteiger partial charge in [-0.3, -0.25) is 4.79 Å². The normalized spacial score (nSPS) is 13.0. The van der Waals surface area contributed by atoms with E-state index in [0.29, 0.717) is 16.4 Å². The zero-order valence-corrected chi connectivity index (χ0v) is 16.3. The summed E-state index contributed by atoms with van der Waals surface area (Å²) in [5.41, 5.74) is -0.525. The third-order valence-electron chi connectivity index (χ3n) is 4.02. The van der Waals surface area contributed by atoms with Crippen molar-refractivity contribution in [2.24, 2.45) is 0 Å². The third kappa shape index (κ3) is 3.31. The van der Waals surface area contributed by atoms with Crippen LogP contribution in [-0.2, 0) is 4.57 Å². The third-order valence-corrected chi connectivity index (χ3v) is 7.49. The number of hydrogen-bond acceptors (Lipinski definition) is 3. The average molecular weight is 405 g/mol. The molecule has 3 aromatic rings. The van der Waals surface area contributed by atoms with Crippen molar-refractivity contribution in [3.63, 3.8) is 0 Å². The molecule has 0 aliphatic heterocycles. The number of benzene rings is 3. The standard InChI is InChI=1S/C20H15Cl2O3P/c1-25-14-10-12-16(13-11-14)26(24,15-6-3-2-4-7-15)20(23)19-17(21)8-5-9-18(19)22/h2-13H,1H3. The molecule has 6 heteroatoms. The van der Waals surface area contributed by atoms with Crippen molar-refractivity contribution in [1.29, 1.82) is 0 Å².